The number of H-pyrrole nitrogens is 1. The maximum absolute atomic E-state index is 12.5. The first-order valence-corrected chi connectivity index (χ1v) is 8.02. The summed E-state index contributed by atoms with van der Waals surface area (Å²) in [6.45, 7) is 0.691. The summed E-state index contributed by atoms with van der Waals surface area (Å²) in [4.78, 5) is 30.1. The van der Waals surface area contributed by atoms with Gasteiger partial charge in [-0.1, -0.05) is 12.1 Å². The molecular formula is C18H17N3O6. The summed E-state index contributed by atoms with van der Waals surface area (Å²) in [5, 5.41) is 11.3. The Morgan fingerprint density at radius 1 is 1.15 bits per heavy atom. The minimum atomic E-state index is -0.505. The first-order valence-electron chi connectivity index (χ1n) is 8.02. The predicted molar refractivity (Wildman–Crippen MR) is 98.4 cm³/mol. The second-order valence-corrected chi connectivity index (χ2v) is 5.58. The van der Waals surface area contributed by atoms with E-state index in [1.54, 1.807) is 25.3 Å². The molecule has 1 N–H and O–H groups in total. The Labute approximate surface area is 153 Å². The highest BCUT2D eigenvalue weighted by molar-refractivity contribution is 5.83. The molecule has 0 saturated heterocycles. The predicted octanol–water partition coefficient (Wildman–Crippen LogP) is 2.53. The lowest BCUT2D eigenvalue weighted by atomic mass is 10.1. The van der Waals surface area contributed by atoms with Gasteiger partial charge in [-0.25, -0.2) is 4.98 Å². The maximum atomic E-state index is 12.5. The zero-order chi connectivity index (χ0) is 19.4. The molecule has 9 nitrogen and oxygen atoms in total. The van der Waals surface area contributed by atoms with Gasteiger partial charge in [0.05, 0.1) is 29.5 Å². The third-order valence-electron chi connectivity index (χ3n) is 3.87. The molecule has 140 valence electrons. The molecule has 0 fully saturated rings. The number of benzene rings is 2. The summed E-state index contributed by atoms with van der Waals surface area (Å²) in [5.74, 6) is 1.05. The molecule has 1 heterocycles. The van der Waals surface area contributed by atoms with Crippen molar-refractivity contribution in [3.05, 3.63) is 56.9 Å². The number of non-ortho nitro benzene ring substituents is 1. The lowest BCUT2D eigenvalue weighted by Crippen LogP contribution is -2.11. The molecule has 3 rings (SSSR count). The van der Waals surface area contributed by atoms with E-state index in [-0.39, 0.29) is 17.1 Å². The second-order valence-electron chi connectivity index (χ2n) is 5.58. The first-order chi connectivity index (χ1) is 13.0. The molecular weight excluding hydrogens is 354 g/mol. The van der Waals surface area contributed by atoms with Gasteiger partial charge in [-0.15, -0.1) is 0 Å². The van der Waals surface area contributed by atoms with Gasteiger partial charge in [-0.3, -0.25) is 14.9 Å². The van der Waals surface area contributed by atoms with E-state index in [1.165, 1.54) is 25.3 Å². The van der Waals surface area contributed by atoms with Crippen molar-refractivity contribution >= 4 is 16.6 Å². The number of ether oxygens (including phenoxy) is 3. The summed E-state index contributed by atoms with van der Waals surface area (Å²) in [6, 6.07) is 9.03. The molecule has 0 bridgehead atoms. The van der Waals surface area contributed by atoms with Gasteiger partial charge in [0.1, 0.15) is 12.4 Å². The fraction of sp³-hybridized carbons (Fsp3) is 0.222. The molecule has 0 unspecified atom stereocenters. The number of hydrogen-bond donors (Lipinski definition) is 1. The molecule has 0 aliphatic carbocycles. The third-order valence-corrected chi connectivity index (χ3v) is 3.87. The standard InChI is InChI=1S/C18H17N3O6/c1-25-6-7-27-16-9-13-14(10-15(16)26-2)19-17(20-18(13)22)11-4-3-5-12(8-11)21(23)24/h3-5,8-10H,6-7H2,1-2H3,(H,19,20,22). The van der Waals surface area contributed by atoms with E-state index >= 15 is 0 Å². The number of rotatable bonds is 7. The number of nitrogens with zero attached hydrogens (tertiary/aromatic N) is 2. The van der Waals surface area contributed by atoms with Crippen molar-refractivity contribution in [2.24, 2.45) is 0 Å². The zero-order valence-corrected chi connectivity index (χ0v) is 14.7. The Hall–Kier alpha value is -3.46. The van der Waals surface area contributed by atoms with Crippen LogP contribution in [0.15, 0.2) is 41.2 Å². The number of aromatic amines is 1. The molecule has 0 saturated carbocycles. The molecule has 0 radical (unpaired) electrons. The van der Waals surface area contributed by atoms with Crippen LogP contribution in [-0.2, 0) is 4.74 Å². The van der Waals surface area contributed by atoms with Gasteiger partial charge in [0.25, 0.3) is 11.2 Å². The van der Waals surface area contributed by atoms with Crippen LogP contribution in [0.4, 0.5) is 5.69 Å². The van der Waals surface area contributed by atoms with Crippen molar-refractivity contribution < 1.29 is 19.1 Å². The largest absolute Gasteiger partial charge is 0.493 e. The van der Waals surface area contributed by atoms with Gasteiger partial charge < -0.3 is 19.2 Å². The fourth-order valence-electron chi connectivity index (χ4n) is 2.56. The van der Waals surface area contributed by atoms with Gasteiger partial charge in [0, 0.05) is 30.9 Å². The molecule has 1 aromatic heterocycles. The Morgan fingerprint density at radius 3 is 2.67 bits per heavy atom. The molecule has 0 aliphatic heterocycles. The van der Waals surface area contributed by atoms with Crippen LogP contribution in [0.3, 0.4) is 0 Å². The van der Waals surface area contributed by atoms with E-state index in [4.69, 9.17) is 14.2 Å². The highest BCUT2D eigenvalue weighted by Gasteiger charge is 2.14. The van der Waals surface area contributed by atoms with Crippen molar-refractivity contribution in [1.29, 1.82) is 0 Å². The summed E-state index contributed by atoms with van der Waals surface area (Å²) in [5.41, 5.74) is 0.342. The molecule has 9 heteroatoms. The van der Waals surface area contributed by atoms with E-state index < -0.39 is 4.92 Å². The number of aromatic nitrogens is 2. The van der Waals surface area contributed by atoms with Crippen molar-refractivity contribution in [2.75, 3.05) is 27.4 Å². The smallest absolute Gasteiger partial charge is 0.270 e. The van der Waals surface area contributed by atoms with Crippen LogP contribution < -0.4 is 15.0 Å². The number of hydrogen-bond acceptors (Lipinski definition) is 7. The van der Waals surface area contributed by atoms with Crippen molar-refractivity contribution in [3.63, 3.8) is 0 Å². The average Bonchev–Trinajstić information content (AvgIpc) is 2.68. The third kappa shape index (κ3) is 3.87. The molecule has 2 aromatic carbocycles. The first kappa shape index (κ1) is 18.3. The minimum Gasteiger partial charge on any atom is -0.493 e. The summed E-state index contributed by atoms with van der Waals surface area (Å²) < 4.78 is 15.8. The molecule has 27 heavy (non-hydrogen) atoms. The maximum Gasteiger partial charge on any atom is 0.270 e. The van der Waals surface area contributed by atoms with E-state index in [0.29, 0.717) is 41.2 Å². The van der Waals surface area contributed by atoms with Crippen LogP contribution in [0.1, 0.15) is 0 Å². The van der Waals surface area contributed by atoms with Crippen LogP contribution in [0.25, 0.3) is 22.3 Å². The highest BCUT2D eigenvalue weighted by Crippen LogP contribution is 2.31. The Balaban J connectivity index is 2.08. The van der Waals surface area contributed by atoms with Gasteiger partial charge in [-0.2, -0.15) is 0 Å². The van der Waals surface area contributed by atoms with Gasteiger partial charge in [0.15, 0.2) is 11.5 Å². The monoisotopic (exact) mass is 371 g/mol. The average molecular weight is 371 g/mol. The fourth-order valence-corrected chi connectivity index (χ4v) is 2.56. The topological polar surface area (TPSA) is 117 Å². The number of nitro groups is 1. The van der Waals surface area contributed by atoms with Gasteiger partial charge in [-0.05, 0) is 6.07 Å². The van der Waals surface area contributed by atoms with E-state index in [2.05, 4.69) is 9.97 Å². The summed E-state index contributed by atoms with van der Waals surface area (Å²) in [7, 11) is 3.05. The number of nitro benzene ring substituents is 1. The number of nitrogens with one attached hydrogen (secondary N) is 1. The van der Waals surface area contributed by atoms with Gasteiger partial charge in [0.2, 0.25) is 0 Å². The van der Waals surface area contributed by atoms with Crippen LogP contribution in [-0.4, -0.2) is 42.3 Å². The van der Waals surface area contributed by atoms with Crippen LogP contribution >= 0.6 is 0 Å². The number of fused-ring (bicyclic) bond motifs is 1. The Bertz CT molecular complexity index is 1050. The van der Waals surface area contributed by atoms with E-state index in [9.17, 15) is 14.9 Å². The van der Waals surface area contributed by atoms with E-state index in [0.717, 1.165) is 0 Å². The number of methoxy groups -OCH3 is 2. The SMILES string of the molecule is COCCOc1cc2c(=O)[nH]c(-c3cccc([N+](=O)[O-])c3)nc2cc1OC. The Kier molecular flexibility index (Phi) is 5.32. The van der Waals surface area contributed by atoms with Crippen molar-refractivity contribution in [2.45, 2.75) is 0 Å². The molecule has 0 aliphatic rings. The highest BCUT2D eigenvalue weighted by atomic mass is 16.6. The zero-order valence-electron chi connectivity index (χ0n) is 14.7. The lowest BCUT2D eigenvalue weighted by molar-refractivity contribution is -0.384. The molecule has 0 spiro atoms. The Morgan fingerprint density at radius 2 is 1.96 bits per heavy atom. The minimum absolute atomic E-state index is 0.0882. The lowest BCUT2D eigenvalue weighted by Gasteiger charge is -2.12. The summed E-state index contributed by atoms with van der Waals surface area (Å²) in [6.07, 6.45) is 0. The van der Waals surface area contributed by atoms with Crippen molar-refractivity contribution in [1.82, 2.24) is 9.97 Å². The molecule has 0 amide bonds. The normalized spacial score (nSPS) is 10.7. The van der Waals surface area contributed by atoms with Crippen molar-refractivity contribution in [3.8, 4) is 22.9 Å². The van der Waals surface area contributed by atoms with E-state index in [1.807, 2.05) is 0 Å². The van der Waals surface area contributed by atoms with Crippen LogP contribution in [0, 0.1) is 10.1 Å². The molecule has 0 atom stereocenters. The summed E-state index contributed by atoms with van der Waals surface area (Å²) >= 11 is 0. The van der Waals surface area contributed by atoms with Crippen LogP contribution in [0.2, 0.25) is 0 Å². The van der Waals surface area contributed by atoms with Gasteiger partial charge >= 0.3 is 0 Å². The molecule has 3 aromatic rings. The second kappa shape index (κ2) is 7.83. The van der Waals surface area contributed by atoms with Crippen LogP contribution in [0.5, 0.6) is 11.5 Å². The quantitative estimate of drug-likeness (QED) is 0.385.